The first-order valence-electron chi connectivity index (χ1n) is 6.18. The second-order valence-electron chi connectivity index (χ2n) is 4.56. The lowest BCUT2D eigenvalue weighted by Crippen LogP contribution is -2.15. The fraction of sp³-hybridized carbons (Fsp3) is 0.385. The van der Waals surface area contributed by atoms with Crippen molar-refractivity contribution in [2.24, 2.45) is 0 Å². The van der Waals surface area contributed by atoms with Gasteiger partial charge >= 0.3 is 5.69 Å². The highest BCUT2D eigenvalue weighted by atomic mass is 35.5. The molecule has 0 amide bonds. The highest BCUT2D eigenvalue weighted by Gasteiger charge is 2.21. The number of nitrogens with zero attached hydrogens (tertiary/aromatic N) is 1. The van der Waals surface area contributed by atoms with Crippen LogP contribution >= 0.6 is 23.2 Å². The molecule has 0 aromatic heterocycles. The number of hydrogen-bond acceptors (Lipinski definition) is 4. The van der Waals surface area contributed by atoms with E-state index in [1.165, 1.54) is 24.4 Å². The van der Waals surface area contributed by atoms with E-state index in [1.54, 1.807) is 12.1 Å². The quantitative estimate of drug-likeness (QED) is 0.617. The monoisotopic (exact) mass is 316 g/mol. The second kappa shape index (κ2) is 6.92. The molecular formula is C13H14Cl2N2O3. The maximum atomic E-state index is 11.0. The molecule has 0 spiro atoms. The smallest absolute Gasteiger partial charge is 0.310 e. The van der Waals surface area contributed by atoms with E-state index >= 15 is 0 Å². The zero-order chi connectivity index (χ0) is 14.5. The molecule has 1 fully saturated rings. The van der Waals surface area contributed by atoms with E-state index in [2.05, 4.69) is 5.32 Å². The number of benzene rings is 1. The summed E-state index contributed by atoms with van der Waals surface area (Å²) in [6.45, 7) is 0.670. The predicted molar refractivity (Wildman–Crippen MR) is 78.2 cm³/mol. The van der Waals surface area contributed by atoms with Gasteiger partial charge in [-0.15, -0.1) is 0 Å². The Hall–Kier alpha value is -1.30. The summed E-state index contributed by atoms with van der Waals surface area (Å²) in [5.74, 6) is 0.196. The van der Waals surface area contributed by atoms with Crippen molar-refractivity contribution in [3.05, 3.63) is 44.4 Å². The standard InChI is InChI=1S/C13H14Cl2N2O3/c14-6-10(15)8-20-13-5-9(7-16-11-2-3-11)1-4-12(13)17(18)19/h1,4-6,11,16H,2-3,7-8H2. The third-order valence-corrected chi connectivity index (χ3v) is 3.47. The van der Waals surface area contributed by atoms with E-state index in [4.69, 9.17) is 27.9 Å². The first-order chi connectivity index (χ1) is 9.60. The summed E-state index contributed by atoms with van der Waals surface area (Å²) < 4.78 is 5.36. The Labute approximate surface area is 126 Å². The van der Waals surface area contributed by atoms with Crippen LogP contribution in [0, 0.1) is 10.1 Å². The number of ether oxygens (including phenoxy) is 1. The van der Waals surface area contributed by atoms with Crippen LogP contribution in [0.5, 0.6) is 5.75 Å². The van der Waals surface area contributed by atoms with E-state index in [9.17, 15) is 10.1 Å². The van der Waals surface area contributed by atoms with Crippen LogP contribution in [-0.4, -0.2) is 17.6 Å². The number of hydrogen-bond donors (Lipinski definition) is 1. The molecule has 1 N–H and O–H groups in total. The lowest BCUT2D eigenvalue weighted by atomic mass is 10.2. The average molecular weight is 317 g/mol. The van der Waals surface area contributed by atoms with E-state index in [0.717, 1.165) is 5.56 Å². The fourth-order valence-electron chi connectivity index (χ4n) is 1.66. The molecule has 7 heteroatoms. The maximum Gasteiger partial charge on any atom is 0.310 e. The van der Waals surface area contributed by atoms with Crippen LogP contribution in [0.15, 0.2) is 28.8 Å². The van der Waals surface area contributed by atoms with Gasteiger partial charge in [0.25, 0.3) is 0 Å². The Morgan fingerprint density at radius 1 is 1.55 bits per heavy atom. The van der Waals surface area contributed by atoms with Crippen molar-refractivity contribution in [2.75, 3.05) is 6.61 Å². The summed E-state index contributed by atoms with van der Waals surface area (Å²) in [7, 11) is 0. The number of nitro benzene ring substituents is 1. The van der Waals surface area contributed by atoms with E-state index < -0.39 is 4.92 Å². The Morgan fingerprint density at radius 3 is 2.90 bits per heavy atom. The third-order valence-electron chi connectivity index (χ3n) is 2.88. The fourth-order valence-corrected chi connectivity index (χ4v) is 1.78. The van der Waals surface area contributed by atoms with Gasteiger partial charge in [-0.2, -0.15) is 0 Å². The van der Waals surface area contributed by atoms with Gasteiger partial charge in [0.1, 0.15) is 6.61 Å². The average Bonchev–Trinajstić information content (AvgIpc) is 3.26. The van der Waals surface area contributed by atoms with Crippen molar-refractivity contribution in [1.82, 2.24) is 5.32 Å². The molecule has 1 aliphatic carbocycles. The number of halogens is 2. The van der Waals surface area contributed by atoms with Gasteiger partial charge in [0.15, 0.2) is 5.75 Å². The van der Waals surface area contributed by atoms with Crippen molar-refractivity contribution < 1.29 is 9.66 Å². The molecule has 0 heterocycles. The van der Waals surface area contributed by atoms with Crippen LogP contribution in [0.3, 0.4) is 0 Å². The van der Waals surface area contributed by atoms with Crippen LogP contribution < -0.4 is 10.1 Å². The molecule has 0 radical (unpaired) electrons. The molecule has 0 bridgehead atoms. The SMILES string of the molecule is O=[N+]([O-])c1ccc(CNC2CC2)cc1OCC(Cl)=CCl. The summed E-state index contributed by atoms with van der Waals surface area (Å²) in [6, 6.07) is 5.39. The van der Waals surface area contributed by atoms with Crippen molar-refractivity contribution in [3.8, 4) is 5.75 Å². The largest absolute Gasteiger partial charge is 0.481 e. The molecule has 0 aliphatic heterocycles. The van der Waals surface area contributed by atoms with E-state index in [-0.39, 0.29) is 23.1 Å². The summed E-state index contributed by atoms with van der Waals surface area (Å²) in [5.41, 5.74) is 2.02. The minimum absolute atomic E-state index is 0.00536. The Balaban J connectivity index is 2.10. The predicted octanol–water partition coefficient (Wildman–Crippen LogP) is 3.54. The zero-order valence-electron chi connectivity index (χ0n) is 10.6. The molecule has 20 heavy (non-hydrogen) atoms. The normalized spacial score (nSPS) is 15.2. The molecule has 0 unspecified atom stereocenters. The van der Waals surface area contributed by atoms with Gasteiger partial charge in [-0.25, -0.2) is 0 Å². The minimum atomic E-state index is -0.480. The second-order valence-corrected chi connectivity index (χ2v) is 5.26. The van der Waals surface area contributed by atoms with Crippen molar-refractivity contribution in [2.45, 2.75) is 25.4 Å². The first-order valence-corrected chi connectivity index (χ1v) is 7.00. The minimum Gasteiger partial charge on any atom is -0.481 e. The van der Waals surface area contributed by atoms with Gasteiger partial charge in [-0.1, -0.05) is 29.3 Å². The number of rotatable bonds is 7. The van der Waals surface area contributed by atoms with Crippen molar-refractivity contribution in [1.29, 1.82) is 0 Å². The first kappa shape index (κ1) is 15.1. The molecule has 0 atom stereocenters. The lowest BCUT2D eigenvalue weighted by Gasteiger charge is -2.09. The van der Waals surface area contributed by atoms with Gasteiger partial charge < -0.3 is 10.1 Å². The van der Waals surface area contributed by atoms with Crippen molar-refractivity contribution >= 4 is 28.9 Å². The maximum absolute atomic E-state index is 11.0. The van der Waals surface area contributed by atoms with Gasteiger partial charge in [0, 0.05) is 24.2 Å². The van der Waals surface area contributed by atoms with E-state index in [0.29, 0.717) is 12.6 Å². The van der Waals surface area contributed by atoms with Crippen LogP contribution in [0.4, 0.5) is 5.69 Å². The Kier molecular flexibility index (Phi) is 5.23. The summed E-state index contributed by atoms with van der Waals surface area (Å²) in [4.78, 5) is 10.5. The van der Waals surface area contributed by atoms with Crippen molar-refractivity contribution in [3.63, 3.8) is 0 Å². The molecule has 1 aromatic rings. The summed E-state index contributed by atoms with van der Waals surface area (Å²) in [5, 5.41) is 14.6. The highest BCUT2D eigenvalue weighted by molar-refractivity contribution is 6.36. The van der Waals surface area contributed by atoms with Gasteiger partial charge in [0.05, 0.1) is 9.96 Å². The molecular weight excluding hydrogens is 303 g/mol. The molecule has 5 nitrogen and oxygen atoms in total. The number of nitrogens with one attached hydrogen (secondary N) is 1. The van der Waals surface area contributed by atoms with Crippen LogP contribution in [0.1, 0.15) is 18.4 Å². The van der Waals surface area contributed by atoms with Crippen LogP contribution in [-0.2, 0) is 6.54 Å². The molecule has 1 saturated carbocycles. The topological polar surface area (TPSA) is 64.4 Å². The van der Waals surface area contributed by atoms with Crippen LogP contribution in [0.2, 0.25) is 0 Å². The summed E-state index contributed by atoms with van der Waals surface area (Å²) >= 11 is 11.1. The highest BCUT2D eigenvalue weighted by Crippen LogP contribution is 2.29. The Morgan fingerprint density at radius 2 is 2.30 bits per heavy atom. The molecule has 2 rings (SSSR count). The number of nitro groups is 1. The lowest BCUT2D eigenvalue weighted by molar-refractivity contribution is -0.385. The summed E-state index contributed by atoms with van der Waals surface area (Å²) in [6.07, 6.45) is 2.37. The Bertz CT molecular complexity index is 530. The van der Waals surface area contributed by atoms with Gasteiger partial charge in [-0.05, 0) is 24.5 Å². The molecule has 108 valence electrons. The van der Waals surface area contributed by atoms with Crippen LogP contribution in [0.25, 0.3) is 0 Å². The molecule has 0 saturated heterocycles. The third kappa shape index (κ3) is 4.37. The molecule has 1 aliphatic rings. The molecule has 1 aromatic carbocycles. The zero-order valence-corrected chi connectivity index (χ0v) is 12.2. The van der Waals surface area contributed by atoms with E-state index in [1.807, 2.05) is 0 Å². The van der Waals surface area contributed by atoms with Gasteiger partial charge in [-0.3, -0.25) is 10.1 Å². The van der Waals surface area contributed by atoms with Gasteiger partial charge in [0.2, 0.25) is 0 Å².